The smallest absolute Gasteiger partial charge is 0.270 e. The monoisotopic (exact) mass is 243 g/mol. The van der Waals surface area contributed by atoms with Crippen LogP contribution in [0.25, 0.3) is 0 Å². The highest BCUT2D eigenvalue weighted by Crippen LogP contribution is 2.10. The fraction of sp³-hybridized carbons (Fsp3) is 0.545. The predicted octanol–water partition coefficient (Wildman–Crippen LogP) is 0.881. The van der Waals surface area contributed by atoms with Gasteiger partial charge in [0.1, 0.15) is 5.69 Å². The minimum Gasteiger partial charge on any atom is -0.347 e. The summed E-state index contributed by atoms with van der Waals surface area (Å²) in [6.45, 7) is 4.65. The third kappa shape index (κ3) is 2.39. The Balaban J connectivity index is 0.00000128. The molecule has 0 saturated carbocycles. The largest absolute Gasteiger partial charge is 0.347 e. The molecule has 0 bridgehead atoms. The van der Waals surface area contributed by atoms with Crippen LogP contribution in [-0.2, 0) is 7.05 Å². The standard InChI is InChI=1S/C11H17N3O.ClH/c1-9-8-12-5-7-14(9)11(15)10-4-3-6-13(10)2;/h3-4,6,9,12H,5,7-8H2,1-2H3;1H/t9-;/m1./s1. The molecule has 0 radical (unpaired) electrons. The summed E-state index contributed by atoms with van der Waals surface area (Å²) in [7, 11) is 1.90. The topological polar surface area (TPSA) is 37.3 Å². The van der Waals surface area contributed by atoms with Crippen LogP contribution >= 0.6 is 12.4 Å². The van der Waals surface area contributed by atoms with Crippen LogP contribution in [0.15, 0.2) is 18.3 Å². The molecule has 0 aromatic carbocycles. The molecule has 1 fully saturated rings. The van der Waals surface area contributed by atoms with Crippen molar-refractivity contribution in [1.82, 2.24) is 14.8 Å². The van der Waals surface area contributed by atoms with Gasteiger partial charge in [-0.1, -0.05) is 0 Å². The Morgan fingerprint density at radius 1 is 1.56 bits per heavy atom. The van der Waals surface area contributed by atoms with Crippen molar-refractivity contribution >= 4 is 18.3 Å². The van der Waals surface area contributed by atoms with Crippen LogP contribution in [0.1, 0.15) is 17.4 Å². The molecule has 0 spiro atoms. The molecule has 5 heteroatoms. The quantitative estimate of drug-likeness (QED) is 0.795. The van der Waals surface area contributed by atoms with E-state index in [-0.39, 0.29) is 24.4 Å². The molecule has 90 valence electrons. The van der Waals surface area contributed by atoms with Crippen LogP contribution in [0, 0.1) is 0 Å². The number of carbonyl (C=O) groups excluding carboxylic acids is 1. The first-order chi connectivity index (χ1) is 7.20. The highest BCUT2D eigenvalue weighted by Gasteiger charge is 2.24. The van der Waals surface area contributed by atoms with Crippen molar-refractivity contribution in [2.75, 3.05) is 19.6 Å². The average Bonchev–Trinajstić information content (AvgIpc) is 2.64. The van der Waals surface area contributed by atoms with E-state index in [1.54, 1.807) is 0 Å². The van der Waals surface area contributed by atoms with Gasteiger partial charge in [-0.3, -0.25) is 4.79 Å². The molecule has 1 aromatic heterocycles. The Kier molecular flexibility index (Phi) is 4.38. The molecule has 1 aromatic rings. The number of aryl methyl sites for hydroxylation is 1. The van der Waals surface area contributed by atoms with Gasteiger partial charge in [0.05, 0.1) is 0 Å². The highest BCUT2D eigenvalue weighted by molar-refractivity contribution is 5.93. The SMILES string of the molecule is C[C@@H]1CNCCN1C(=O)c1cccn1C.Cl. The molecule has 2 rings (SSSR count). The average molecular weight is 244 g/mol. The van der Waals surface area contributed by atoms with E-state index in [1.807, 2.05) is 34.8 Å². The van der Waals surface area contributed by atoms with Crippen LogP contribution in [0.2, 0.25) is 0 Å². The van der Waals surface area contributed by atoms with Gasteiger partial charge in [0, 0.05) is 38.9 Å². The first-order valence-electron chi connectivity index (χ1n) is 5.33. The van der Waals surface area contributed by atoms with Gasteiger partial charge >= 0.3 is 0 Å². The number of hydrogen-bond donors (Lipinski definition) is 1. The van der Waals surface area contributed by atoms with Crippen molar-refractivity contribution in [2.45, 2.75) is 13.0 Å². The fourth-order valence-corrected chi connectivity index (χ4v) is 1.97. The summed E-state index contributed by atoms with van der Waals surface area (Å²) in [5.74, 6) is 0.136. The van der Waals surface area contributed by atoms with E-state index in [1.165, 1.54) is 0 Å². The number of rotatable bonds is 1. The summed E-state index contributed by atoms with van der Waals surface area (Å²) >= 11 is 0. The zero-order valence-electron chi connectivity index (χ0n) is 9.64. The summed E-state index contributed by atoms with van der Waals surface area (Å²) in [5, 5.41) is 3.28. The molecule has 0 unspecified atom stereocenters. The lowest BCUT2D eigenvalue weighted by Gasteiger charge is -2.34. The number of aromatic nitrogens is 1. The van der Waals surface area contributed by atoms with Crippen molar-refractivity contribution in [3.05, 3.63) is 24.0 Å². The van der Waals surface area contributed by atoms with Gasteiger partial charge in [0.15, 0.2) is 0 Å². The number of carbonyl (C=O) groups is 1. The Morgan fingerprint density at radius 2 is 2.31 bits per heavy atom. The molecule has 1 saturated heterocycles. The second-order valence-electron chi connectivity index (χ2n) is 4.06. The molecule has 2 heterocycles. The van der Waals surface area contributed by atoms with Crippen LogP contribution in [0.4, 0.5) is 0 Å². The maximum absolute atomic E-state index is 12.2. The number of nitrogens with zero attached hydrogens (tertiary/aromatic N) is 2. The van der Waals surface area contributed by atoms with Gasteiger partial charge in [-0.25, -0.2) is 0 Å². The van der Waals surface area contributed by atoms with Crippen molar-refractivity contribution in [3.63, 3.8) is 0 Å². The predicted molar refractivity (Wildman–Crippen MR) is 66.0 cm³/mol. The Morgan fingerprint density at radius 3 is 2.88 bits per heavy atom. The molecule has 4 nitrogen and oxygen atoms in total. The maximum Gasteiger partial charge on any atom is 0.270 e. The van der Waals surface area contributed by atoms with Gasteiger partial charge < -0.3 is 14.8 Å². The molecule has 0 aliphatic carbocycles. The molecule has 1 aliphatic rings. The van der Waals surface area contributed by atoms with Crippen molar-refractivity contribution in [1.29, 1.82) is 0 Å². The van der Waals surface area contributed by atoms with Gasteiger partial charge in [0.25, 0.3) is 5.91 Å². The molecule has 1 aliphatic heterocycles. The molecule has 1 N–H and O–H groups in total. The van der Waals surface area contributed by atoms with Crippen molar-refractivity contribution < 1.29 is 4.79 Å². The van der Waals surface area contributed by atoms with Gasteiger partial charge in [-0.2, -0.15) is 0 Å². The zero-order valence-corrected chi connectivity index (χ0v) is 10.5. The second kappa shape index (κ2) is 5.37. The third-order valence-electron chi connectivity index (χ3n) is 2.93. The first-order valence-corrected chi connectivity index (χ1v) is 5.33. The fourth-order valence-electron chi connectivity index (χ4n) is 1.97. The van der Waals surface area contributed by atoms with E-state index in [9.17, 15) is 4.79 Å². The zero-order chi connectivity index (χ0) is 10.8. The van der Waals surface area contributed by atoms with Gasteiger partial charge in [-0.15, -0.1) is 12.4 Å². The maximum atomic E-state index is 12.2. The molecule has 16 heavy (non-hydrogen) atoms. The summed E-state index contributed by atoms with van der Waals surface area (Å²) in [5.41, 5.74) is 0.767. The Hall–Kier alpha value is -1.00. The highest BCUT2D eigenvalue weighted by atomic mass is 35.5. The van der Waals surface area contributed by atoms with E-state index in [0.717, 1.165) is 25.3 Å². The third-order valence-corrected chi connectivity index (χ3v) is 2.93. The van der Waals surface area contributed by atoms with Crippen LogP contribution < -0.4 is 5.32 Å². The number of piperazine rings is 1. The van der Waals surface area contributed by atoms with E-state index < -0.39 is 0 Å². The van der Waals surface area contributed by atoms with Gasteiger partial charge in [0.2, 0.25) is 0 Å². The second-order valence-corrected chi connectivity index (χ2v) is 4.06. The van der Waals surface area contributed by atoms with Crippen LogP contribution in [0.3, 0.4) is 0 Å². The van der Waals surface area contributed by atoms with E-state index >= 15 is 0 Å². The summed E-state index contributed by atoms with van der Waals surface area (Å²) in [6, 6.07) is 4.05. The van der Waals surface area contributed by atoms with Crippen molar-refractivity contribution in [3.8, 4) is 0 Å². The Bertz CT molecular complexity index is 364. The lowest BCUT2D eigenvalue weighted by molar-refractivity contribution is 0.0646. The van der Waals surface area contributed by atoms with E-state index in [2.05, 4.69) is 12.2 Å². The molecule has 1 atom stereocenters. The summed E-state index contributed by atoms with van der Waals surface area (Å²) in [4.78, 5) is 14.1. The number of nitrogens with one attached hydrogen (secondary N) is 1. The van der Waals surface area contributed by atoms with Crippen molar-refractivity contribution in [2.24, 2.45) is 7.05 Å². The van der Waals surface area contributed by atoms with E-state index in [4.69, 9.17) is 0 Å². The number of hydrogen-bond acceptors (Lipinski definition) is 2. The van der Waals surface area contributed by atoms with Crippen LogP contribution in [0.5, 0.6) is 0 Å². The lowest BCUT2D eigenvalue weighted by Crippen LogP contribution is -2.52. The normalized spacial score (nSPS) is 20.4. The molecular weight excluding hydrogens is 226 g/mol. The van der Waals surface area contributed by atoms with Crippen LogP contribution in [-0.4, -0.2) is 41.1 Å². The lowest BCUT2D eigenvalue weighted by atomic mass is 10.2. The summed E-state index contributed by atoms with van der Waals surface area (Å²) < 4.78 is 1.87. The molecule has 1 amide bonds. The number of amides is 1. The first kappa shape index (κ1) is 13.1. The number of halogens is 1. The molecular formula is C11H18ClN3O. The minimum absolute atomic E-state index is 0. The summed E-state index contributed by atoms with van der Waals surface area (Å²) in [6.07, 6.45) is 1.90. The minimum atomic E-state index is 0. The Labute approximate surface area is 102 Å². The van der Waals surface area contributed by atoms with Gasteiger partial charge in [-0.05, 0) is 19.1 Å². The van der Waals surface area contributed by atoms with E-state index in [0.29, 0.717) is 0 Å².